The number of rotatable bonds is 5. The third kappa shape index (κ3) is 3.61. The quantitative estimate of drug-likeness (QED) is 0.892. The highest BCUT2D eigenvalue weighted by Gasteiger charge is 2.09. The first-order valence-electron chi connectivity index (χ1n) is 6.74. The van der Waals surface area contributed by atoms with E-state index in [-0.39, 0.29) is 6.04 Å². The first-order chi connectivity index (χ1) is 9.18. The molecular weight excluding hydrogens is 234 g/mol. The average molecular weight is 255 g/mol. The molecule has 0 amide bonds. The second-order valence-electron chi connectivity index (χ2n) is 4.88. The second-order valence-corrected chi connectivity index (χ2v) is 4.88. The fraction of sp³-hybridized carbons (Fsp3) is 0.375. The lowest BCUT2D eigenvalue weighted by Crippen LogP contribution is -2.23. The lowest BCUT2D eigenvalue weighted by Gasteiger charge is -2.15. The van der Waals surface area contributed by atoms with Gasteiger partial charge in [0.2, 0.25) is 0 Å². The first-order valence-corrected chi connectivity index (χ1v) is 6.74. The van der Waals surface area contributed by atoms with Crippen LogP contribution >= 0.6 is 0 Å². The predicted molar refractivity (Wildman–Crippen MR) is 78.1 cm³/mol. The van der Waals surface area contributed by atoms with Crippen molar-refractivity contribution in [1.82, 2.24) is 15.3 Å². The van der Waals surface area contributed by atoms with E-state index in [1.165, 1.54) is 11.1 Å². The van der Waals surface area contributed by atoms with Gasteiger partial charge in [-0.15, -0.1) is 0 Å². The van der Waals surface area contributed by atoms with Crippen molar-refractivity contribution in [3.05, 3.63) is 59.2 Å². The maximum absolute atomic E-state index is 4.40. The van der Waals surface area contributed by atoms with Gasteiger partial charge in [-0.05, 0) is 44.9 Å². The molecule has 0 fully saturated rings. The average Bonchev–Trinajstić information content (AvgIpc) is 2.41. The van der Waals surface area contributed by atoms with Crippen molar-refractivity contribution in [3.8, 4) is 0 Å². The molecule has 0 saturated carbocycles. The van der Waals surface area contributed by atoms with E-state index in [2.05, 4.69) is 53.4 Å². The van der Waals surface area contributed by atoms with Crippen LogP contribution in [-0.2, 0) is 6.42 Å². The van der Waals surface area contributed by atoms with Crippen LogP contribution in [0.15, 0.2) is 36.7 Å². The van der Waals surface area contributed by atoms with Gasteiger partial charge in [-0.2, -0.15) is 0 Å². The van der Waals surface area contributed by atoms with Gasteiger partial charge in [0.15, 0.2) is 0 Å². The third-order valence-corrected chi connectivity index (χ3v) is 3.44. The molecule has 0 aliphatic heterocycles. The number of benzene rings is 1. The van der Waals surface area contributed by atoms with Crippen molar-refractivity contribution in [1.29, 1.82) is 0 Å². The van der Waals surface area contributed by atoms with Crippen LogP contribution in [0.3, 0.4) is 0 Å². The van der Waals surface area contributed by atoms with E-state index in [1.807, 2.05) is 6.92 Å². The van der Waals surface area contributed by atoms with Crippen molar-refractivity contribution in [2.24, 2.45) is 0 Å². The van der Waals surface area contributed by atoms with Crippen molar-refractivity contribution in [2.75, 3.05) is 6.54 Å². The van der Waals surface area contributed by atoms with Gasteiger partial charge in [0.25, 0.3) is 0 Å². The molecule has 1 atom stereocenters. The summed E-state index contributed by atoms with van der Waals surface area (Å²) in [4.78, 5) is 8.67. The number of hydrogen-bond acceptors (Lipinski definition) is 3. The Kier molecular flexibility index (Phi) is 4.63. The molecule has 3 heteroatoms. The molecule has 0 aliphatic rings. The molecule has 3 nitrogen and oxygen atoms in total. The van der Waals surface area contributed by atoms with Crippen LogP contribution in [0.5, 0.6) is 0 Å². The smallest absolute Gasteiger partial charge is 0.0782 e. The number of aromatic nitrogens is 2. The summed E-state index contributed by atoms with van der Waals surface area (Å²) in [5.41, 5.74) is 4.79. The molecule has 1 aromatic heterocycles. The Bertz CT molecular complexity index is 537. The summed E-state index contributed by atoms with van der Waals surface area (Å²) in [7, 11) is 0. The monoisotopic (exact) mass is 255 g/mol. The zero-order valence-electron chi connectivity index (χ0n) is 11.9. The van der Waals surface area contributed by atoms with E-state index in [9.17, 15) is 0 Å². The van der Waals surface area contributed by atoms with Crippen LogP contribution in [0, 0.1) is 13.8 Å². The van der Waals surface area contributed by atoms with Crippen molar-refractivity contribution in [2.45, 2.75) is 33.2 Å². The molecule has 0 aliphatic carbocycles. The van der Waals surface area contributed by atoms with E-state index in [0.29, 0.717) is 0 Å². The maximum Gasteiger partial charge on any atom is 0.0782 e. The minimum atomic E-state index is 0.234. The van der Waals surface area contributed by atoms with Gasteiger partial charge in [-0.25, -0.2) is 0 Å². The van der Waals surface area contributed by atoms with E-state index in [1.54, 1.807) is 12.4 Å². The molecule has 1 unspecified atom stereocenters. The Labute approximate surface area is 115 Å². The zero-order valence-corrected chi connectivity index (χ0v) is 11.9. The third-order valence-electron chi connectivity index (χ3n) is 3.44. The largest absolute Gasteiger partial charge is 0.308 e. The van der Waals surface area contributed by atoms with Crippen LogP contribution in [0.1, 0.15) is 35.5 Å². The van der Waals surface area contributed by atoms with Gasteiger partial charge < -0.3 is 5.32 Å². The summed E-state index contributed by atoms with van der Waals surface area (Å²) >= 11 is 0. The van der Waals surface area contributed by atoms with Crippen molar-refractivity contribution >= 4 is 0 Å². The summed E-state index contributed by atoms with van der Waals surface area (Å²) in [6.07, 6.45) is 4.52. The molecule has 1 heterocycles. The van der Waals surface area contributed by atoms with Gasteiger partial charge in [0.05, 0.1) is 11.4 Å². The minimum absolute atomic E-state index is 0.234. The fourth-order valence-corrected chi connectivity index (χ4v) is 2.25. The van der Waals surface area contributed by atoms with Crippen LogP contribution in [0.25, 0.3) is 0 Å². The Morgan fingerprint density at radius 1 is 1.11 bits per heavy atom. The van der Waals surface area contributed by atoms with Crippen molar-refractivity contribution < 1.29 is 0 Å². The molecule has 1 N–H and O–H groups in total. The standard InChI is InChI=1S/C16H21N3/c1-12-6-4-5-7-15(12)8-9-17-13(2)16-14(3)18-10-11-19-16/h4-7,10-11,13,17H,8-9H2,1-3H3. The predicted octanol–water partition coefficient (Wildman–Crippen LogP) is 2.99. The summed E-state index contributed by atoms with van der Waals surface area (Å²) in [5, 5.41) is 3.51. The SMILES string of the molecule is Cc1ccccc1CCNC(C)c1nccnc1C. The summed E-state index contributed by atoms with van der Waals surface area (Å²) < 4.78 is 0. The van der Waals surface area contributed by atoms with E-state index in [4.69, 9.17) is 0 Å². The molecule has 2 rings (SSSR count). The van der Waals surface area contributed by atoms with Gasteiger partial charge in [0, 0.05) is 18.4 Å². The number of nitrogens with one attached hydrogen (secondary N) is 1. The molecule has 19 heavy (non-hydrogen) atoms. The number of hydrogen-bond donors (Lipinski definition) is 1. The highest BCUT2D eigenvalue weighted by Crippen LogP contribution is 2.12. The van der Waals surface area contributed by atoms with Gasteiger partial charge in [-0.3, -0.25) is 9.97 Å². The van der Waals surface area contributed by atoms with E-state index >= 15 is 0 Å². The fourth-order valence-electron chi connectivity index (χ4n) is 2.25. The molecular formula is C16H21N3. The molecule has 0 spiro atoms. The van der Waals surface area contributed by atoms with Crippen LogP contribution in [0.2, 0.25) is 0 Å². The van der Waals surface area contributed by atoms with E-state index in [0.717, 1.165) is 24.4 Å². The van der Waals surface area contributed by atoms with Gasteiger partial charge in [0.1, 0.15) is 0 Å². The van der Waals surface area contributed by atoms with E-state index < -0.39 is 0 Å². The van der Waals surface area contributed by atoms with Crippen molar-refractivity contribution in [3.63, 3.8) is 0 Å². The molecule has 0 saturated heterocycles. The highest BCUT2D eigenvalue weighted by atomic mass is 14.9. The Hall–Kier alpha value is -1.74. The highest BCUT2D eigenvalue weighted by molar-refractivity contribution is 5.25. The molecule has 2 aromatic rings. The number of nitrogens with zero attached hydrogens (tertiary/aromatic N) is 2. The van der Waals surface area contributed by atoms with Gasteiger partial charge in [-0.1, -0.05) is 24.3 Å². The molecule has 0 bridgehead atoms. The topological polar surface area (TPSA) is 37.8 Å². The normalized spacial score (nSPS) is 12.4. The Balaban J connectivity index is 1.90. The maximum atomic E-state index is 4.40. The number of aryl methyl sites for hydroxylation is 2. The summed E-state index contributed by atoms with van der Waals surface area (Å²) in [6, 6.07) is 8.76. The Morgan fingerprint density at radius 2 is 1.84 bits per heavy atom. The molecule has 100 valence electrons. The van der Waals surface area contributed by atoms with Crippen LogP contribution in [0.4, 0.5) is 0 Å². The summed E-state index contributed by atoms with van der Waals surface area (Å²) in [6.45, 7) is 7.24. The lowest BCUT2D eigenvalue weighted by molar-refractivity contribution is 0.558. The zero-order chi connectivity index (χ0) is 13.7. The first kappa shape index (κ1) is 13.7. The Morgan fingerprint density at radius 3 is 2.58 bits per heavy atom. The lowest BCUT2D eigenvalue weighted by atomic mass is 10.1. The van der Waals surface area contributed by atoms with Crippen LogP contribution in [-0.4, -0.2) is 16.5 Å². The van der Waals surface area contributed by atoms with Gasteiger partial charge >= 0.3 is 0 Å². The van der Waals surface area contributed by atoms with Crippen LogP contribution < -0.4 is 5.32 Å². The molecule has 0 radical (unpaired) electrons. The summed E-state index contributed by atoms with van der Waals surface area (Å²) in [5.74, 6) is 0. The minimum Gasteiger partial charge on any atom is -0.308 e. The molecule has 1 aromatic carbocycles. The second kappa shape index (κ2) is 6.43.